The largest absolute Gasteiger partial charge is 0.543 e. The first-order valence-electron chi connectivity index (χ1n) is 5.49. The van der Waals surface area contributed by atoms with Gasteiger partial charge in [-0.15, -0.1) is 0 Å². The molecule has 0 amide bonds. The van der Waals surface area contributed by atoms with Gasteiger partial charge in [0.05, 0.1) is 0 Å². The van der Waals surface area contributed by atoms with Crippen molar-refractivity contribution < 1.29 is 22.8 Å². The van der Waals surface area contributed by atoms with Gasteiger partial charge in [-0.3, -0.25) is 0 Å². The highest BCUT2D eigenvalue weighted by molar-refractivity contribution is 6.62. The molecule has 0 N–H and O–H groups in total. The van der Waals surface area contributed by atoms with Crippen molar-refractivity contribution in [2.24, 2.45) is 0 Å². The first kappa shape index (κ1) is 16.3. The molecule has 0 radical (unpaired) electrons. The van der Waals surface area contributed by atoms with Gasteiger partial charge in [-0.1, -0.05) is 19.9 Å². The molecule has 0 heterocycles. The third-order valence-electron chi connectivity index (χ3n) is 2.40. The van der Waals surface area contributed by atoms with Crippen molar-refractivity contribution in [2.75, 3.05) is 21.3 Å². The first-order chi connectivity index (χ1) is 7.97. The van der Waals surface area contributed by atoms with Gasteiger partial charge in [0.2, 0.25) is 0 Å². The summed E-state index contributed by atoms with van der Waals surface area (Å²) < 4.78 is 21.3. The number of esters is 1. The Labute approximate surface area is 104 Å². The summed E-state index contributed by atoms with van der Waals surface area (Å²) in [5, 5.41) is 0. The molecule has 6 heteroatoms. The van der Waals surface area contributed by atoms with Crippen molar-refractivity contribution in [3.8, 4) is 0 Å². The maximum atomic E-state index is 11.6. The normalized spacial score (nSPS) is 13.2. The molecule has 0 aromatic heterocycles. The van der Waals surface area contributed by atoms with Crippen LogP contribution in [0.2, 0.25) is 0 Å². The van der Waals surface area contributed by atoms with Crippen LogP contribution in [0.25, 0.3) is 0 Å². The predicted octanol–water partition coefficient (Wildman–Crippen LogP) is 1.69. The summed E-state index contributed by atoms with van der Waals surface area (Å²) in [7, 11) is 1.53. The van der Waals surface area contributed by atoms with Crippen LogP contribution in [0, 0.1) is 0 Å². The monoisotopic (exact) mass is 262 g/mol. The molecular weight excluding hydrogens is 240 g/mol. The molecule has 0 aliphatic carbocycles. The van der Waals surface area contributed by atoms with E-state index in [0.29, 0.717) is 12.0 Å². The number of rotatable bonds is 8. The zero-order valence-electron chi connectivity index (χ0n) is 11.2. The van der Waals surface area contributed by atoms with Crippen LogP contribution in [0.5, 0.6) is 0 Å². The zero-order valence-corrected chi connectivity index (χ0v) is 12.2. The van der Waals surface area contributed by atoms with Gasteiger partial charge >= 0.3 is 14.8 Å². The Hall–Kier alpha value is -0.693. The first-order valence-corrected chi connectivity index (χ1v) is 7.29. The third-order valence-corrected chi connectivity index (χ3v) is 5.30. The van der Waals surface area contributed by atoms with E-state index >= 15 is 0 Å². The number of carbonyl (C=O) groups excluding carboxylic acids is 1. The van der Waals surface area contributed by atoms with Crippen molar-refractivity contribution in [1.82, 2.24) is 0 Å². The average molecular weight is 262 g/mol. The number of hydrogen-bond acceptors (Lipinski definition) is 5. The summed E-state index contributed by atoms with van der Waals surface area (Å²) in [5.41, 5.74) is -0.158. The predicted molar refractivity (Wildman–Crippen MR) is 66.4 cm³/mol. The zero-order chi connectivity index (χ0) is 13.5. The van der Waals surface area contributed by atoms with Gasteiger partial charge in [0.25, 0.3) is 0 Å². The third kappa shape index (κ3) is 4.23. The molecule has 0 saturated heterocycles. The molecule has 5 nitrogen and oxygen atoms in total. The van der Waals surface area contributed by atoms with Gasteiger partial charge in [-0.25, -0.2) is 4.79 Å². The summed E-state index contributed by atoms with van der Waals surface area (Å²) in [5.74, 6) is -0.452. The Balaban J connectivity index is 4.92. The lowest BCUT2D eigenvalue weighted by Gasteiger charge is -2.31. The molecule has 0 spiro atoms. The number of carbonyl (C=O) groups is 1. The summed E-state index contributed by atoms with van der Waals surface area (Å²) in [4.78, 5) is 11.6. The summed E-state index contributed by atoms with van der Waals surface area (Å²) in [6.45, 7) is 7.13. The van der Waals surface area contributed by atoms with Crippen LogP contribution >= 0.6 is 0 Å². The Morgan fingerprint density at radius 1 is 1.24 bits per heavy atom. The second kappa shape index (κ2) is 7.60. The fraction of sp³-hybridized carbons (Fsp3) is 0.727. The van der Waals surface area contributed by atoms with E-state index in [1.165, 1.54) is 21.3 Å². The van der Waals surface area contributed by atoms with Crippen LogP contribution in [0.15, 0.2) is 12.2 Å². The van der Waals surface area contributed by atoms with Crippen LogP contribution in [0.4, 0.5) is 0 Å². The van der Waals surface area contributed by atoms with E-state index in [0.717, 1.165) is 6.42 Å². The molecule has 1 atom stereocenters. The SMILES string of the molecule is C=C(C)C(=O)O[C@@H](CCC)[Si](OC)(OC)OC. The van der Waals surface area contributed by atoms with E-state index in [1.807, 2.05) is 6.92 Å². The van der Waals surface area contributed by atoms with E-state index in [-0.39, 0.29) is 0 Å². The van der Waals surface area contributed by atoms with Gasteiger partial charge < -0.3 is 18.0 Å². The van der Waals surface area contributed by atoms with Crippen molar-refractivity contribution >= 4 is 14.8 Å². The Kier molecular flexibility index (Phi) is 7.29. The van der Waals surface area contributed by atoms with Crippen LogP contribution < -0.4 is 0 Å². The van der Waals surface area contributed by atoms with E-state index in [9.17, 15) is 4.79 Å². The highest BCUT2D eigenvalue weighted by Crippen LogP contribution is 2.20. The van der Waals surface area contributed by atoms with Crippen molar-refractivity contribution in [3.63, 3.8) is 0 Å². The van der Waals surface area contributed by atoms with Crippen LogP contribution in [-0.2, 0) is 22.8 Å². The molecule has 0 fully saturated rings. The lowest BCUT2D eigenvalue weighted by atomic mass is 10.3. The fourth-order valence-corrected chi connectivity index (χ4v) is 3.63. The minimum absolute atomic E-state index is 0.345. The van der Waals surface area contributed by atoms with Gasteiger partial charge in [0, 0.05) is 26.9 Å². The van der Waals surface area contributed by atoms with Crippen LogP contribution in [0.3, 0.4) is 0 Å². The van der Waals surface area contributed by atoms with Gasteiger partial charge in [0.15, 0.2) is 5.73 Å². The summed E-state index contributed by atoms with van der Waals surface area (Å²) in [6, 6.07) is 0. The molecule has 100 valence electrons. The standard InChI is InChI=1S/C11H22O5Si/c1-7-8-10(16-11(12)9(2)3)17(13-4,14-5)15-6/h10H,2,7-8H2,1,3-6H3/t10-/m1/s1. The molecule has 0 aliphatic heterocycles. The fourth-order valence-electron chi connectivity index (χ4n) is 1.44. The van der Waals surface area contributed by atoms with Crippen molar-refractivity contribution in [3.05, 3.63) is 12.2 Å². The highest BCUT2D eigenvalue weighted by Gasteiger charge is 2.49. The molecule has 0 bridgehead atoms. The lowest BCUT2D eigenvalue weighted by Crippen LogP contribution is -2.56. The van der Waals surface area contributed by atoms with Gasteiger partial charge in [0.1, 0.15) is 0 Å². The maximum absolute atomic E-state index is 11.6. The van der Waals surface area contributed by atoms with E-state index in [1.54, 1.807) is 6.92 Å². The van der Waals surface area contributed by atoms with Crippen molar-refractivity contribution in [2.45, 2.75) is 32.4 Å². The van der Waals surface area contributed by atoms with Crippen LogP contribution in [-0.4, -0.2) is 41.8 Å². The molecule has 0 aromatic carbocycles. The van der Waals surface area contributed by atoms with E-state index in [2.05, 4.69) is 6.58 Å². The van der Waals surface area contributed by atoms with E-state index in [4.69, 9.17) is 18.0 Å². The van der Waals surface area contributed by atoms with Crippen molar-refractivity contribution in [1.29, 1.82) is 0 Å². The van der Waals surface area contributed by atoms with Gasteiger partial charge in [-0.05, 0) is 13.3 Å². The quantitative estimate of drug-likeness (QED) is 0.378. The summed E-state index contributed by atoms with van der Waals surface area (Å²) >= 11 is 0. The smallest absolute Gasteiger partial charge is 0.454 e. The summed E-state index contributed by atoms with van der Waals surface area (Å²) in [6.07, 6.45) is 1.46. The average Bonchev–Trinajstić information content (AvgIpc) is 2.32. The Morgan fingerprint density at radius 3 is 2.00 bits per heavy atom. The molecule has 0 aromatic rings. The highest BCUT2D eigenvalue weighted by atomic mass is 28.4. The Bertz CT molecular complexity index is 254. The number of hydrogen-bond donors (Lipinski definition) is 0. The topological polar surface area (TPSA) is 54.0 Å². The van der Waals surface area contributed by atoms with Gasteiger partial charge in [-0.2, -0.15) is 0 Å². The molecule has 0 aliphatic rings. The minimum Gasteiger partial charge on any atom is -0.454 e. The second-order valence-corrected chi connectivity index (χ2v) is 6.75. The minimum atomic E-state index is -2.96. The van der Waals surface area contributed by atoms with Crippen LogP contribution in [0.1, 0.15) is 26.7 Å². The second-order valence-electron chi connectivity index (χ2n) is 3.68. The molecule has 0 rings (SSSR count). The maximum Gasteiger partial charge on any atom is 0.543 e. The Morgan fingerprint density at radius 2 is 1.71 bits per heavy atom. The van der Waals surface area contributed by atoms with E-state index < -0.39 is 20.5 Å². The number of ether oxygens (including phenoxy) is 1. The molecular formula is C11H22O5Si. The lowest BCUT2D eigenvalue weighted by molar-refractivity contribution is -0.144. The molecule has 0 saturated carbocycles. The molecule has 0 unspecified atom stereocenters. The molecule has 17 heavy (non-hydrogen) atoms.